The zero-order chi connectivity index (χ0) is 15.2. The van der Waals surface area contributed by atoms with Gasteiger partial charge in [-0.2, -0.15) is 0 Å². The minimum atomic E-state index is -0.237. The van der Waals surface area contributed by atoms with E-state index in [1.165, 1.54) is 11.6 Å². The van der Waals surface area contributed by atoms with Crippen LogP contribution in [0.3, 0.4) is 0 Å². The van der Waals surface area contributed by atoms with Crippen LogP contribution < -0.4 is 10.1 Å². The van der Waals surface area contributed by atoms with E-state index in [1.54, 1.807) is 13.0 Å². The third-order valence-electron chi connectivity index (χ3n) is 3.52. The molecule has 2 unspecified atom stereocenters. The molecule has 0 aromatic heterocycles. The van der Waals surface area contributed by atoms with Crippen molar-refractivity contribution in [2.75, 3.05) is 6.54 Å². The molecule has 0 aliphatic rings. The van der Waals surface area contributed by atoms with Crippen LogP contribution in [0.25, 0.3) is 0 Å². The van der Waals surface area contributed by atoms with Crippen LogP contribution in [0.5, 0.6) is 5.75 Å². The molecule has 0 amide bonds. The lowest BCUT2D eigenvalue weighted by molar-refractivity contribution is 0.171. The van der Waals surface area contributed by atoms with Gasteiger partial charge in [0.05, 0.1) is 6.04 Å². The van der Waals surface area contributed by atoms with E-state index >= 15 is 0 Å². The second-order valence-corrected chi connectivity index (χ2v) is 5.18. The number of hydrogen-bond donors (Lipinski definition) is 1. The minimum Gasteiger partial charge on any atom is -0.489 e. The van der Waals surface area contributed by atoms with Crippen molar-refractivity contribution >= 4 is 0 Å². The molecule has 0 fully saturated rings. The molecule has 1 N–H and O–H groups in total. The van der Waals surface area contributed by atoms with Gasteiger partial charge < -0.3 is 10.1 Å². The molecule has 2 aromatic carbocycles. The standard InChI is InChI=1S/C18H22FNO/c1-4-20-18(15-8-6-5-7-9-15)14(3)21-16-11-10-13(2)17(19)12-16/h5-12,14,18,20H,4H2,1-3H3. The van der Waals surface area contributed by atoms with Crippen LogP contribution >= 0.6 is 0 Å². The Bertz CT molecular complexity index is 571. The van der Waals surface area contributed by atoms with Crippen molar-refractivity contribution in [3.8, 4) is 5.75 Å². The molecule has 112 valence electrons. The van der Waals surface area contributed by atoms with Crippen LogP contribution in [0.4, 0.5) is 4.39 Å². The van der Waals surface area contributed by atoms with Crippen molar-refractivity contribution < 1.29 is 9.13 Å². The maximum atomic E-state index is 13.6. The lowest BCUT2D eigenvalue weighted by atomic mass is 10.0. The molecule has 2 atom stereocenters. The summed E-state index contributed by atoms with van der Waals surface area (Å²) in [7, 11) is 0. The summed E-state index contributed by atoms with van der Waals surface area (Å²) < 4.78 is 19.5. The summed E-state index contributed by atoms with van der Waals surface area (Å²) in [6, 6.07) is 15.2. The average Bonchev–Trinajstić information content (AvgIpc) is 2.49. The summed E-state index contributed by atoms with van der Waals surface area (Å²) in [5.74, 6) is 0.323. The van der Waals surface area contributed by atoms with Gasteiger partial charge in [0.15, 0.2) is 0 Å². The summed E-state index contributed by atoms with van der Waals surface area (Å²) in [6.45, 7) is 6.65. The summed E-state index contributed by atoms with van der Waals surface area (Å²) in [4.78, 5) is 0. The predicted molar refractivity (Wildman–Crippen MR) is 84.1 cm³/mol. The topological polar surface area (TPSA) is 21.3 Å². The number of ether oxygens (including phenoxy) is 1. The van der Waals surface area contributed by atoms with Crippen molar-refractivity contribution in [3.63, 3.8) is 0 Å². The molecule has 3 heteroatoms. The highest BCUT2D eigenvalue weighted by molar-refractivity contribution is 5.29. The molecule has 0 spiro atoms. The van der Waals surface area contributed by atoms with Crippen molar-refractivity contribution in [2.24, 2.45) is 0 Å². The number of benzene rings is 2. The van der Waals surface area contributed by atoms with Crippen molar-refractivity contribution in [1.29, 1.82) is 0 Å². The third kappa shape index (κ3) is 4.05. The Hall–Kier alpha value is -1.87. The summed E-state index contributed by atoms with van der Waals surface area (Å²) in [5, 5.41) is 3.43. The molecule has 0 aliphatic carbocycles. The lowest BCUT2D eigenvalue weighted by Gasteiger charge is -2.26. The van der Waals surface area contributed by atoms with Crippen LogP contribution in [0.1, 0.15) is 31.0 Å². The highest BCUT2D eigenvalue weighted by atomic mass is 19.1. The zero-order valence-electron chi connectivity index (χ0n) is 12.8. The first-order chi connectivity index (χ1) is 10.1. The Morgan fingerprint density at radius 2 is 1.86 bits per heavy atom. The van der Waals surface area contributed by atoms with E-state index < -0.39 is 0 Å². The Morgan fingerprint density at radius 1 is 1.14 bits per heavy atom. The zero-order valence-corrected chi connectivity index (χ0v) is 12.8. The molecule has 0 heterocycles. The maximum Gasteiger partial charge on any atom is 0.129 e. The molecular weight excluding hydrogens is 265 g/mol. The SMILES string of the molecule is CCNC(c1ccccc1)C(C)Oc1ccc(C)c(F)c1. The van der Waals surface area contributed by atoms with E-state index in [4.69, 9.17) is 4.74 Å². The van der Waals surface area contributed by atoms with Crippen molar-refractivity contribution in [2.45, 2.75) is 32.9 Å². The van der Waals surface area contributed by atoms with Gasteiger partial charge in [0.25, 0.3) is 0 Å². The molecule has 0 radical (unpaired) electrons. The van der Waals surface area contributed by atoms with Crippen LogP contribution in [-0.4, -0.2) is 12.6 Å². The summed E-state index contributed by atoms with van der Waals surface area (Å²) in [6.07, 6.45) is -0.102. The lowest BCUT2D eigenvalue weighted by Crippen LogP contribution is -2.33. The average molecular weight is 287 g/mol. The Labute approximate surface area is 126 Å². The van der Waals surface area contributed by atoms with Gasteiger partial charge in [0, 0.05) is 6.07 Å². The third-order valence-corrected chi connectivity index (χ3v) is 3.52. The molecule has 21 heavy (non-hydrogen) atoms. The van der Waals surface area contributed by atoms with E-state index in [0.29, 0.717) is 11.3 Å². The number of rotatable bonds is 6. The molecule has 2 nitrogen and oxygen atoms in total. The summed E-state index contributed by atoms with van der Waals surface area (Å²) in [5.41, 5.74) is 1.79. The summed E-state index contributed by atoms with van der Waals surface area (Å²) >= 11 is 0. The number of aryl methyl sites for hydroxylation is 1. The van der Waals surface area contributed by atoms with Crippen LogP contribution in [0.2, 0.25) is 0 Å². The number of likely N-dealkylation sites (N-methyl/N-ethyl adjacent to an activating group) is 1. The first kappa shape index (κ1) is 15.5. The monoisotopic (exact) mass is 287 g/mol. The fourth-order valence-corrected chi connectivity index (χ4v) is 2.36. The smallest absolute Gasteiger partial charge is 0.129 e. The second-order valence-electron chi connectivity index (χ2n) is 5.18. The highest BCUT2D eigenvalue weighted by Crippen LogP contribution is 2.23. The molecular formula is C18H22FNO. The first-order valence-electron chi connectivity index (χ1n) is 7.33. The fourth-order valence-electron chi connectivity index (χ4n) is 2.36. The van der Waals surface area contributed by atoms with Gasteiger partial charge in [0.1, 0.15) is 17.7 Å². The second kappa shape index (κ2) is 7.23. The molecule has 2 rings (SSSR count). The van der Waals surface area contributed by atoms with E-state index in [2.05, 4.69) is 24.4 Å². The van der Waals surface area contributed by atoms with Gasteiger partial charge in [-0.1, -0.05) is 43.3 Å². The van der Waals surface area contributed by atoms with Gasteiger partial charge in [-0.05, 0) is 37.6 Å². The Morgan fingerprint density at radius 3 is 2.48 bits per heavy atom. The Kier molecular flexibility index (Phi) is 5.34. The molecule has 0 bridgehead atoms. The van der Waals surface area contributed by atoms with Crippen molar-refractivity contribution in [3.05, 3.63) is 65.5 Å². The van der Waals surface area contributed by atoms with Crippen LogP contribution in [0.15, 0.2) is 48.5 Å². The van der Waals surface area contributed by atoms with Crippen molar-refractivity contribution in [1.82, 2.24) is 5.32 Å². The van der Waals surface area contributed by atoms with E-state index in [-0.39, 0.29) is 18.0 Å². The van der Waals surface area contributed by atoms with Gasteiger partial charge in [-0.3, -0.25) is 0 Å². The van der Waals surface area contributed by atoms with E-state index in [1.807, 2.05) is 31.2 Å². The molecule has 0 aliphatic heterocycles. The van der Waals surface area contributed by atoms with Gasteiger partial charge >= 0.3 is 0 Å². The normalized spacial score (nSPS) is 13.7. The first-order valence-corrected chi connectivity index (χ1v) is 7.33. The molecule has 0 saturated heterocycles. The van der Waals surface area contributed by atoms with Gasteiger partial charge in [0.2, 0.25) is 0 Å². The van der Waals surface area contributed by atoms with Gasteiger partial charge in [-0.25, -0.2) is 4.39 Å². The maximum absolute atomic E-state index is 13.6. The predicted octanol–water partition coefficient (Wildman–Crippen LogP) is 4.25. The molecule has 2 aromatic rings. The minimum absolute atomic E-state index is 0.0700. The van der Waals surface area contributed by atoms with E-state index in [9.17, 15) is 4.39 Å². The van der Waals surface area contributed by atoms with Crippen LogP contribution in [-0.2, 0) is 0 Å². The molecule has 0 saturated carbocycles. The number of nitrogens with one attached hydrogen (secondary N) is 1. The van der Waals surface area contributed by atoms with Gasteiger partial charge in [-0.15, -0.1) is 0 Å². The fraction of sp³-hybridized carbons (Fsp3) is 0.333. The Balaban J connectivity index is 2.15. The largest absolute Gasteiger partial charge is 0.489 e. The van der Waals surface area contributed by atoms with E-state index in [0.717, 1.165) is 6.54 Å². The highest BCUT2D eigenvalue weighted by Gasteiger charge is 2.20. The van der Waals surface area contributed by atoms with Crippen LogP contribution in [0, 0.1) is 12.7 Å². The quantitative estimate of drug-likeness (QED) is 0.857. The number of hydrogen-bond acceptors (Lipinski definition) is 2. The number of halogens is 1.